The van der Waals surface area contributed by atoms with Gasteiger partial charge in [-0.2, -0.15) is 0 Å². The van der Waals surface area contributed by atoms with Gasteiger partial charge in [-0.15, -0.1) is 24.8 Å². The van der Waals surface area contributed by atoms with Crippen LogP contribution in [0.2, 0.25) is 0 Å². The zero-order valence-corrected chi connectivity index (χ0v) is 6.40. The summed E-state index contributed by atoms with van der Waals surface area (Å²) in [4.78, 5) is 0. The molecule has 0 aliphatic rings. The summed E-state index contributed by atoms with van der Waals surface area (Å²) in [6, 6.07) is 0. The second-order valence-corrected chi connectivity index (χ2v) is 2.60. The van der Waals surface area contributed by atoms with E-state index in [9.17, 15) is 0 Å². The lowest BCUT2D eigenvalue weighted by molar-refractivity contribution is 0.773. The molecule has 1 atom stereocenters. The molecule has 0 bridgehead atoms. The van der Waals surface area contributed by atoms with Crippen molar-refractivity contribution in [1.82, 2.24) is 0 Å². The molecular formula is C8H13Cl. The summed E-state index contributed by atoms with van der Waals surface area (Å²) in [5.41, 5.74) is 0. The quantitative estimate of drug-likeness (QED) is 0.411. The predicted octanol–water partition coefficient (Wildman–Crippen LogP) is 3.14. The molecule has 0 N–H and O–H groups in total. The number of alkyl halides is 1. The van der Waals surface area contributed by atoms with Gasteiger partial charge in [-0.3, -0.25) is 0 Å². The minimum atomic E-state index is 0.250. The average molecular weight is 145 g/mol. The molecule has 9 heavy (non-hydrogen) atoms. The predicted molar refractivity (Wildman–Crippen MR) is 43.9 cm³/mol. The van der Waals surface area contributed by atoms with Crippen LogP contribution in [0.15, 0.2) is 25.3 Å². The molecule has 1 heteroatoms. The van der Waals surface area contributed by atoms with Crippen LogP contribution in [-0.4, -0.2) is 5.38 Å². The lowest BCUT2D eigenvalue weighted by Crippen LogP contribution is -1.93. The molecule has 0 spiro atoms. The van der Waals surface area contributed by atoms with Crippen molar-refractivity contribution >= 4 is 11.6 Å². The molecule has 0 saturated heterocycles. The molecule has 0 saturated carbocycles. The minimum Gasteiger partial charge on any atom is -0.123 e. The van der Waals surface area contributed by atoms with Crippen LogP contribution in [0.25, 0.3) is 0 Å². The van der Waals surface area contributed by atoms with Gasteiger partial charge in [0.25, 0.3) is 0 Å². The van der Waals surface area contributed by atoms with Gasteiger partial charge in [0.05, 0.1) is 0 Å². The summed E-state index contributed by atoms with van der Waals surface area (Å²) >= 11 is 5.84. The van der Waals surface area contributed by atoms with Crippen LogP contribution < -0.4 is 0 Å². The van der Waals surface area contributed by atoms with E-state index in [0.717, 1.165) is 19.3 Å². The summed E-state index contributed by atoms with van der Waals surface area (Å²) in [7, 11) is 0. The SMILES string of the molecule is C=CCCC(Cl)CC=C. The van der Waals surface area contributed by atoms with E-state index in [-0.39, 0.29) is 5.38 Å². The van der Waals surface area contributed by atoms with Gasteiger partial charge < -0.3 is 0 Å². The zero-order valence-electron chi connectivity index (χ0n) is 5.65. The van der Waals surface area contributed by atoms with E-state index in [2.05, 4.69) is 13.2 Å². The molecule has 52 valence electrons. The normalized spacial score (nSPS) is 12.6. The van der Waals surface area contributed by atoms with Crippen molar-refractivity contribution < 1.29 is 0 Å². The lowest BCUT2D eigenvalue weighted by Gasteiger charge is -2.01. The maximum atomic E-state index is 5.84. The molecule has 0 aromatic heterocycles. The third-order valence-corrected chi connectivity index (χ3v) is 1.50. The molecule has 0 fully saturated rings. The molecule has 0 amide bonds. The van der Waals surface area contributed by atoms with Crippen molar-refractivity contribution in [1.29, 1.82) is 0 Å². The van der Waals surface area contributed by atoms with E-state index in [0.29, 0.717) is 0 Å². The van der Waals surface area contributed by atoms with E-state index < -0.39 is 0 Å². The van der Waals surface area contributed by atoms with Crippen molar-refractivity contribution in [3.8, 4) is 0 Å². The summed E-state index contributed by atoms with van der Waals surface area (Å²) in [5, 5.41) is 0.250. The van der Waals surface area contributed by atoms with Gasteiger partial charge in [0.15, 0.2) is 0 Å². The number of rotatable bonds is 5. The van der Waals surface area contributed by atoms with Crippen LogP contribution in [0.4, 0.5) is 0 Å². The number of hydrogen-bond acceptors (Lipinski definition) is 0. The fraction of sp³-hybridized carbons (Fsp3) is 0.500. The van der Waals surface area contributed by atoms with Crippen molar-refractivity contribution in [2.45, 2.75) is 24.6 Å². The zero-order chi connectivity index (χ0) is 7.11. The minimum absolute atomic E-state index is 0.250. The molecular weight excluding hydrogens is 132 g/mol. The number of hydrogen-bond donors (Lipinski definition) is 0. The molecule has 0 aromatic carbocycles. The van der Waals surface area contributed by atoms with Gasteiger partial charge >= 0.3 is 0 Å². The Morgan fingerprint density at radius 3 is 2.44 bits per heavy atom. The lowest BCUT2D eigenvalue weighted by atomic mass is 10.2. The Bertz CT molecular complexity index is 86.6. The third-order valence-electron chi connectivity index (χ3n) is 1.11. The van der Waals surface area contributed by atoms with Gasteiger partial charge in [0.2, 0.25) is 0 Å². The molecule has 0 aromatic rings. The van der Waals surface area contributed by atoms with Gasteiger partial charge in [-0.1, -0.05) is 12.2 Å². The average Bonchev–Trinajstić information content (AvgIpc) is 1.85. The van der Waals surface area contributed by atoms with Gasteiger partial charge in [0.1, 0.15) is 0 Å². The molecule has 0 nitrogen and oxygen atoms in total. The van der Waals surface area contributed by atoms with Crippen molar-refractivity contribution in [3.05, 3.63) is 25.3 Å². The first kappa shape index (κ1) is 8.77. The summed E-state index contributed by atoms with van der Waals surface area (Å²) < 4.78 is 0. The fourth-order valence-electron chi connectivity index (χ4n) is 0.597. The van der Waals surface area contributed by atoms with Crippen molar-refractivity contribution in [3.63, 3.8) is 0 Å². The topological polar surface area (TPSA) is 0 Å². The highest BCUT2D eigenvalue weighted by Crippen LogP contribution is 2.09. The van der Waals surface area contributed by atoms with Crippen LogP contribution >= 0.6 is 11.6 Å². The number of allylic oxidation sites excluding steroid dienone is 2. The highest BCUT2D eigenvalue weighted by atomic mass is 35.5. The molecule has 0 rings (SSSR count). The van der Waals surface area contributed by atoms with Crippen LogP contribution in [-0.2, 0) is 0 Å². The Kier molecular flexibility index (Phi) is 5.75. The monoisotopic (exact) mass is 144 g/mol. The van der Waals surface area contributed by atoms with Gasteiger partial charge in [0, 0.05) is 5.38 Å². The molecule has 1 unspecified atom stereocenters. The first-order valence-corrected chi connectivity index (χ1v) is 3.60. The highest BCUT2D eigenvalue weighted by molar-refractivity contribution is 6.20. The maximum absolute atomic E-state index is 5.84. The standard InChI is InChI=1S/C8H13Cl/c1-3-5-7-8(9)6-4-2/h3-4,8H,1-2,5-7H2. The van der Waals surface area contributed by atoms with Crippen LogP contribution in [0.1, 0.15) is 19.3 Å². The maximum Gasteiger partial charge on any atom is 0.0373 e. The van der Waals surface area contributed by atoms with Crippen LogP contribution in [0.5, 0.6) is 0 Å². The summed E-state index contributed by atoms with van der Waals surface area (Å²) in [5.74, 6) is 0. The molecule has 0 aliphatic carbocycles. The molecule has 0 aliphatic heterocycles. The van der Waals surface area contributed by atoms with Gasteiger partial charge in [-0.25, -0.2) is 0 Å². The second-order valence-electron chi connectivity index (χ2n) is 1.99. The largest absolute Gasteiger partial charge is 0.123 e. The highest BCUT2D eigenvalue weighted by Gasteiger charge is 1.97. The second kappa shape index (κ2) is 5.90. The van der Waals surface area contributed by atoms with E-state index in [4.69, 9.17) is 11.6 Å². The van der Waals surface area contributed by atoms with E-state index in [1.54, 1.807) is 0 Å². The van der Waals surface area contributed by atoms with Crippen molar-refractivity contribution in [2.75, 3.05) is 0 Å². The van der Waals surface area contributed by atoms with Gasteiger partial charge in [-0.05, 0) is 19.3 Å². The van der Waals surface area contributed by atoms with E-state index in [1.807, 2.05) is 12.2 Å². The fourth-order valence-corrected chi connectivity index (χ4v) is 0.849. The Morgan fingerprint density at radius 2 is 2.00 bits per heavy atom. The van der Waals surface area contributed by atoms with Crippen LogP contribution in [0.3, 0.4) is 0 Å². The van der Waals surface area contributed by atoms with Crippen molar-refractivity contribution in [2.24, 2.45) is 0 Å². The van der Waals surface area contributed by atoms with Crippen LogP contribution in [0, 0.1) is 0 Å². The Hall–Kier alpha value is -0.230. The molecule has 0 heterocycles. The Balaban J connectivity index is 3.14. The van der Waals surface area contributed by atoms with E-state index >= 15 is 0 Å². The smallest absolute Gasteiger partial charge is 0.0373 e. The van der Waals surface area contributed by atoms with E-state index in [1.165, 1.54) is 0 Å². The Morgan fingerprint density at radius 1 is 1.33 bits per heavy atom. The third kappa shape index (κ3) is 5.64. The summed E-state index contributed by atoms with van der Waals surface area (Å²) in [6.45, 7) is 7.21. The summed E-state index contributed by atoms with van der Waals surface area (Å²) in [6.07, 6.45) is 6.65. The first-order valence-electron chi connectivity index (χ1n) is 3.17. The Labute approximate surface area is 62.2 Å². The first-order chi connectivity index (χ1) is 4.31. The molecule has 0 radical (unpaired) electrons. The number of halogens is 1.